The molecule has 2 heterocycles. The summed E-state index contributed by atoms with van der Waals surface area (Å²) in [7, 11) is 3.17. The van der Waals surface area contributed by atoms with Gasteiger partial charge in [-0.05, 0) is 28.4 Å². The summed E-state index contributed by atoms with van der Waals surface area (Å²) < 4.78 is 7.28. The lowest BCUT2D eigenvalue weighted by Gasteiger charge is -2.15. The molecule has 2 rings (SSSR count). The second-order valence-electron chi connectivity index (χ2n) is 4.53. The minimum Gasteiger partial charge on any atom is -0.453 e. The summed E-state index contributed by atoms with van der Waals surface area (Å²) in [6.07, 6.45) is 2.22. The number of hydrogen-bond acceptors (Lipinski definition) is 3. The highest BCUT2D eigenvalue weighted by Gasteiger charge is 2.28. The highest BCUT2D eigenvalue weighted by Crippen LogP contribution is 2.15. The molecule has 2 amide bonds. The molecule has 1 fully saturated rings. The van der Waals surface area contributed by atoms with Crippen LogP contribution in [0.4, 0.5) is 4.79 Å². The van der Waals surface area contributed by atoms with E-state index in [0.29, 0.717) is 18.8 Å². The van der Waals surface area contributed by atoms with Crippen LogP contribution in [0.5, 0.6) is 0 Å². The Morgan fingerprint density at radius 2 is 2.26 bits per heavy atom. The van der Waals surface area contributed by atoms with Crippen LogP contribution >= 0.6 is 15.9 Å². The maximum Gasteiger partial charge on any atom is 0.409 e. The Balaban J connectivity index is 1.94. The highest BCUT2D eigenvalue weighted by atomic mass is 79.9. The Labute approximate surface area is 119 Å². The van der Waals surface area contributed by atoms with Crippen LogP contribution in [0.3, 0.4) is 0 Å². The van der Waals surface area contributed by atoms with Crippen LogP contribution in [0.2, 0.25) is 0 Å². The number of ether oxygens (including phenoxy) is 1. The first-order valence-corrected chi connectivity index (χ1v) is 6.76. The number of aryl methyl sites for hydroxylation is 1. The molecule has 1 aliphatic rings. The number of carbonyl (C=O) groups excluding carboxylic acids is 2. The van der Waals surface area contributed by atoms with E-state index < -0.39 is 0 Å². The molecule has 6 nitrogen and oxygen atoms in total. The Morgan fingerprint density at radius 1 is 1.53 bits per heavy atom. The molecule has 0 radical (unpaired) electrons. The molecule has 0 aliphatic carbocycles. The van der Waals surface area contributed by atoms with E-state index in [2.05, 4.69) is 26.0 Å². The molecule has 1 aliphatic heterocycles. The van der Waals surface area contributed by atoms with Gasteiger partial charge in [-0.3, -0.25) is 4.79 Å². The molecule has 104 valence electrons. The first kappa shape index (κ1) is 13.9. The van der Waals surface area contributed by atoms with Crippen LogP contribution in [-0.4, -0.2) is 47.7 Å². The molecule has 0 saturated carbocycles. The predicted molar refractivity (Wildman–Crippen MR) is 73.0 cm³/mol. The summed E-state index contributed by atoms with van der Waals surface area (Å²) in [6, 6.07) is 1.74. The molecule has 0 spiro atoms. The maximum atomic E-state index is 12.1. The van der Waals surface area contributed by atoms with Crippen molar-refractivity contribution in [3.8, 4) is 0 Å². The number of amides is 2. The highest BCUT2D eigenvalue weighted by molar-refractivity contribution is 9.10. The fraction of sp³-hybridized carbons (Fsp3) is 0.500. The molecule has 1 saturated heterocycles. The van der Waals surface area contributed by atoms with Crippen LogP contribution < -0.4 is 5.32 Å². The average molecular weight is 330 g/mol. The van der Waals surface area contributed by atoms with Crippen molar-refractivity contribution >= 4 is 27.9 Å². The van der Waals surface area contributed by atoms with Crippen molar-refractivity contribution in [3.63, 3.8) is 0 Å². The number of nitrogens with one attached hydrogen (secondary N) is 1. The zero-order valence-corrected chi connectivity index (χ0v) is 12.4. The predicted octanol–water partition coefficient (Wildman–Crippen LogP) is 1.36. The lowest BCUT2D eigenvalue weighted by Crippen LogP contribution is -2.39. The number of hydrogen-bond donors (Lipinski definition) is 1. The second-order valence-corrected chi connectivity index (χ2v) is 5.45. The van der Waals surface area contributed by atoms with Gasteiger partial charge in [-0.25, -0.2) is 4.79 Å². The van der Waals surface area contributed by atoms with E-state index in [1.165, 1.54) is 7.11 Å². The zero-order valence-electron chi connectivity index (χ0n) is 10.9. The smallest absolute Gasteiger partial charge is 0.409 e. The molecule has 0 bridgehead atoms. The van der Waals surface area contributed by atoms with Gasteiger partial charge in [0.25, 0.3) is 5.91 Å². The number of nitrogens with zero attached hydrogens (tertiary/aromatic N) is 2. The van der Waals surface area contributed by atoms with Gasteiger partial charge in [0.1, 0.15) is 5.69 Å². The van der Waals surface area contributed by atoms with Crippen molar-refractivity contribution in [1.29, 1.82) is 0 Å². The van der Waals surface area contributed by atoms with Crippen molar-refractivity contribution in [2.24, 2.45) is 7.05 Å². The standard InChI is InChI=1S/C12H16BrN3O3/c1-15-6-8(13)5-10(15)11(17)14-9-3-4-16(7-9)12(18)19-2/h5-6,9H,3-4,7H2,1-2H3,(H,14,17)/t9-/m0/s1. The van der Waals surface area contributed by atoms with Crippen LogP contribution in [-0.2, 0) is 11.8 Å². The van der Waals surface area contributed by atoms with Gasteiger partial charge in [-0.15, -0.1) is 0 Å². The maximum absolute atomic E-state index is 12.1. The Bertz CT molecular complexity index is 500. The molecule has 1 N–H and O–H groups in total. The summed E-state index contributed by atoms with van der Waals surface area (Å²) in [5.41, 5.74) is 0.586. The summed E-state index contributed by atoms with van der Waals surface area (Å²) in [5, 5.41) is 2.93. The normalized spacial score (nSPS) is 18.5. The average Bonchev–Trinajstić information content (AvgIpc) is 2.95. The van der Waals surface area contributed by atoms with Gasteiger partial charge >= 0.3 is 6.09 Å². The van der Waals surface area contributed by atoms with Gasteiger partial charge in [0, 0.05) is 36.8 Å². The topological polar surface area (TPSA) is 63.6 Å². The Kier molecular flexibility index (Phi) is 4.14. The van der Waals surface area contributed by atoms with Crippen molar-refractivity contribution < 1.29 is 14.3 Å². The number of aromatic nitrogens is 1. The van der Waals surface area contributed by atoms with Gasteiger partial charge in [0.15, 0.2) is 0 Å². The van der Waals surface area contributed by atoms with Crippen molar-refractivity contribution in [2.75, 3.05) is 20.2 Å². The fourth-order valence-corrected chi connectivity index (χ4v) is 2.71. The lowest BCUT2D eigenvalue weighted by atomic mass is 10.2. The van der Waals surface area contributed by atoms with E-state index in [4.69, 9.17) is 0 Å². The lowest BCUT2D eigenvalue weighted by molar-refractivity contribution is 0.0926. The number of methoxy groups -OCH3 is 1. The van der Waals surface area contributed by atoms with Gasteiger partial charge in [0.05, 0.1) is 7.11 Å². The summed E-state index contributed by atoms with van der Waals surface area (Å²) >= 11 is 3.33. The summed E-state index contributed by atoms with van der Waals surface area (Å²) in [6.45, 7) is 1.10. The number of halogens is 1. The molecule has 7 heteroatoms. The summed E-state index contributed by atoms with van der Waals surface area (Å²) in [5.74, 6) is -0.134. The third-order valence-electron chi connectivity index (χ3n) is 3.16. The minimum absolute atomic E-state index is 0.0275. The monoisotopic (exact) mass is 329 g/mol. The van der Waals surface area contributed by atoms with Crippen LogP contribution in [0, 0.1) is 0 Å². The van der Waals surface area contributed by atoms with Crippen molar-refractivity contribution in [1.82, 2.24) is 14.8 Å². The van der Waals surface area contributed by atoms with E-state index >= 15 is 0 Å². The molecule has 1 aromatic heterocycles. The Morgan fingerprint density at radius 3 is 2.84 bits per heavy atom. The van der Waals surface area contributed by atoms with Gasteiger partial charge in [-0.1, -0.05) is 0 Å². The molecule has 0 aromatic carbocycles. The van der Waals surface area contributed by atoms with E-state index in [1.807, 2.05) is 13.2 Å². The summed E-state index contributed by atoms with van der Waals surface area (Å²) in [4.78, 5) is 25.0. The fourth-order valence-electron chi connectivity index (χ4n) is 2.18. The van der Waals surface area contributed by atoms with Crippen LogP contribution in [0.1, 0.15) is 16.9 Å². The molecule has 1 aromatic rings. The minimum atomic E-state index is -0.349. The number of carbonyl (C=O) groups is 2. The van der Waals surface area contributed by atoms with Crippen LogP contribution in [0.25, 0.3) is 0 Å². The van der Waals surface area contributed by atoms with E-state index in [9.17, 15) is 9.59 Å². The van der Waals surface area contributed by atoms with Crippen LogP contribution in [0.15, 0.2) is 16.7 Å². The molecule has 0 unspecified atom stereocenters. The quantitative estimate of drug-likeness (QED) is 0.891. The largest absolute Gasteiger partial charge is 0.453 e. The molecule has 19 heavy (non-hydrogen) atoms. The van der Waals surface area contributed by atoms with Gasteiger partial charge in [0.2, 0.25) is 0 Å². The van der Waals surface area contributed by atoms with Crippen molar-refractivity contribution in [3.05, 3.63) is 22.4 Å². The Hall–Kier alpha value is -1.50. The van der Waals surface area contributed by atoms with Crippen molar-refractivity contribution in [2.45, 2.75) is 12.5 Å². The first-order valence-electron chi connectivity index (χ1n) is 5.97. The number of likely N-dealkylation sites (tertiary alicyclic amines) is 1. The third-order valence-corrected chi connectivity index (χ3v) is 3.59. The van der Waals surface area contributed by atoms with E-state index in [-0.39, 0.29) is 18.0 Å². The first-order chi connectivity index (χ1) is 9.01. The zero-order chi connectivity index (χ0) is 14.0. The van der Waals surface area contributed by atoms with E-state index in [1.54, 1.807) is 15.5 Å². The molecular formula is C12H16BrN3O3. The van der Waals surface area contributed by atoms with Gasteiger partial charge < -0.3 is 19.5 Å². The third kappa shape index (κ3) is 3.09. The van der Waals surface area contributed by atoms with Gasteiger partial charge in [-0.2, -0.15) is 0 Å². The second kappa shape index (κ2) is 5.64. The van der Waals surface area contributed by atoms with E-state index in [0.717, 1.165) is 10.9 Å². The molecular weight excluding hydrogens is 314 g/mol. The molecule has 1 atom stereocenters. The SMILES string of the molecule is COC(=O)N1CC[C@H](NC(=O)c2cc(Br)cn2C)C1. The number of rotatable bonds is 2.